The molecule has 33 heavy (non-hydrogen) atoms. The average Bonchev–Trinajstić information content (AvgIpc) is 3.26. The van der Waals surface area contributed by atoms with Gasteiger partial charge in [0.15, 0.2) is 0 Å². The highest BCUT2D eigenvalue weighted by Gasteiger charge is 2.25. The normalized spacial score (nSPS) is 16.3. The lowest BCUT2D eigenvalue weighted by Crippen LogP contribution is -2.41. The molecule has 8 heteroatoms. The van der Waals surface area contributed by atoms with Crippen LogP contribution in [0.15, 0.2) is 61.3 Å². The Morgan fingerprint density at radius 3 is 2.91 bits per heavy atom. The molecule has 4 aromatic rings. The summed E-state index contributed by atoms with van der Waals surface area (Å²) in [5.41, 5.74) is 10.6. The minimum absolute atomic E-state index is 0.148. The molecule has 1 aliphatic rings. The molecule has 0 saturated carbocycles. The van der Waals surface area contributed by atoms with Gasteiger partial charge in [-0.2, -0.15) is 0 Å². The second kappa shape index (κ2) is 9.19. The largest absolute Gasteiger partial charge is 0.369 e. The maximum Gasteiger partial charge on any atom is 0.222 e. The number of nitrogens with zero attached hydrogens (tertiary/aromatic N) is 5. The quantitative estimate of drug-likeness (QED) is 0.468. The van der Waals surface area contributed by atoms with E-state index in [4.69, 9.17) is 17.3 Å². The van der Waals surface area contributed by atoms with Crippen molar-refractivity contribution in [2.75, 3.05) is 18.0 Å². The molecular weight excluding hydrogens is 436 g/mol. The third kappa shape index (κ3) is 4.54. The highest BCUT2D eigenvalue weighted by Crippen LogP contribution is 2.33. The lowest BCUT2D eigenvalue weighted by atomic mass is 9.97. The summed E-state index contributed by atoms with van der Waals surface area (Å²) >= 11 is 6.57. The third-order valence-corrected chi connectivity index (χ3v) is 6.59. The fourth-order valence-corrected chi connectivity index (χ4v) is 4.65. The van der Waals surface area contributed by atoms with Crippen LogP contribution in [0, 0.1) is 5.92 Å². The SMILES string of the molecule is NC(=O)[C@@H]1CCCN(c2cc(-c3ccc4ncn(CCc5cccnc5)c4c3)c(Cl)cn2)C1. The zero-order chi connectivity index (χ0) is 22.8. The molecule has 7 nitrogen and oxygen atoms in total. The lowest BCUT2D eigenvalue weighted by molar-refractivity contribution is -0.122. The van der Waals surface area contributed by atoms with Crippen molar-refractivity contribution in [3.05, 3.63) is 71.9 Å². The van der Waals surface area contributed by atoms with E-state index in [9.17, 15) is 4.79 Å². The number of hydrogen-bond acceptors (Lipinski definition) is 5. The number of anilines is 1. The Hall–Kier alpha value is -3.45. The number of rotatable bonds is 6. The van der Waals surface area contributed by atoms with E-state index in [1.54, 1.807) is 12.4 Å². The molecule has 4 heterocycles. The van der Waals surface area contributed by atoms with Gasteiger partial charge in [-0.15, -0.1) is 0 Å². The number of benzene rings is 1. The van der Waals surface area contributed by atoms with E-state index < -0.39 is 0 Å². The molecule has 2 N–H and O–H groups in total. The maximum atomic E-state index is 11.7. The van der Waals surface area contributed by atoms with Gasteiger partial charge in [-0.3, -0.25) is 9.78 Å². The molecule has 1 saturated heterocycles. The van der Waals surface area contributed by atoms with E-state index >= 15 is 0 Å². The van der Waals surface area contributed by atoms with E-state index in [1.807, 2.05) is 36.8 Å². The first kappa shape index (κ1) is 21.4. The number of halogens is 1. The van der Waals surface area contributed by atoms with Crippen LogP contribution in [0.2, 0.25) is 5.02 Å². The molecule has 1 amide bonds. The lowest BCUT2D eigenvalue weighted by Gasteiger charge is -2.32. The van der Waals surface area contributed by atoms with E-state index in [0.717, 1.165) is 60.3 Å². The number of carbonyl (C=O) groups is 1. The van der Waals surface area contributed by atoms with Crippen LogP contribution in [0.1, 0.15) is 18.4 Å². The van der Waals surface area contributed by atoms with Crippen LogP contribution in [0.5, 0.6) is 0 Å². The summed E-state index contributed by atoms with van der Waals surface area (Å²) in [5, 5.41) is 0.586. The van der Waals surface area contributed by atoms with Crippen molar-refractivity contribution in [2.45, 2.75) is 25.8 Å². The van der Waals surface area contributed by atoms with Crippen molar-refractivity contribution in [3.8, 4) is 11.1 Å². The molecule has 0 bridgehead atoms. The Labute approximate surface area is 197 Å². The highest BCUT2D eigenvalue weighted by atomic mass is 35.5. The molecule has 1 aromatic carbocycles. The first-order chi connectivity index (χ1) is 16.1. The van der Waals surface area contributed by atoms with Gasteiger partial charge in [0.05, 0.1) is 28.3 Å². The molecule has 0 spiro atoms. The summed E-state index contributed by atoms with van der Waals surface area (Å²) in [7, 11) is 0. The first-order valence-corrected chi connectivity index (χ1v) is 11.5. The summed E-state index contributed by atoms with van der Waals surface area (Å²) in [6, 6.07) is 12.2. The Morgan fingerprint density at radius 2 is 2.09 bits per heavy atom. The molecule has 5 rings (SSSR count). The van der Waals surface area contributed by atoms with Crippen molar-refractivity contribution in [3.63, 3.8) is 0 Å². The van der Waals surface area contributed by atoms with Gasteiger partial charge < -0.3 is 15.2 Å². The Kier molecular flexibility index (Phi) is 5.96. The van der Waals surface area contributed by atoms with E-state index in [-0.39, 0.29) is 11.8 Å². The minimum atomic E-state index is -0.251. The van der Waals surface area contributed by atoms with Crippen LogP contribution in [-0.2, 0) is 17.8 Å². The zero-order valence-electron chi connectivity index (χ0n) is 18.2. The number of fused-ring (bicyclic) bond motifs is 1. The molecule has 0 radical (unpaired) electrons. The molecule has 1 atom stereocenters. The number of amides is 1. The van der Waals surface area contributed by atoms with Crippen molar-refractivity contribution in [2.24, 2.45) is 11.7 Å². The molecule has 3 aromatic heterocycles. The first-order valence-electron chi connectivity index (χ1n) is 11.1. The van der Waals surface area contributed by atoms with Gasteiger partial charge in [0, 0.05) is 43.8 Å². The number of imidazole rings is 1. The average molecular weight is 461 g/mol. The number of hydrogen-bond donors (Lipinski definition) is 1. The molecule has 1 fully saturated rings. The van der Waals surface area contributed by atoms with Gasteiger partial charge in [-0.25, -0.2) is 9.97 Å². The number of primary amides is 1. The molecule has 0 aliphatic carbocycles. The minimum Gasteiger partial charge on any atom is -0.369 e. The van der Waals surface area contributed by atoms with Crippen molar-refractivity contribution >= 4 is 34.4 Å². The van der Waals surface area contributed by atoms with Gasteiger partial charge in [-0.05, 0) is 54.7 Å². The standard InChI is InChI=1S/C25H25ClN6O/c26-21-14-29-24(31-9-2-4-19(15-31)25(27)33)12-20(21)18-5-6-22-23(11-18)32(16-30-22)10-7-17-3-1-8-28-13-17/h1,3,5-6,8,11-14,16,19H,2,4,7,9-10,15H2,(H2,27,33)/t19-/m1/s1. The van der Waals surface area contributed by atoms with E-state index in [1.165, 1.54) is 5.56 Å². The Bertz CT molecular complexity index is 1290. The second-order valence-electron chi connectivity index (χ2n) is 8.46. The summed E-state index contributed by atoms with van der Waals surface area (Å²) in [5.74, 6) is 0.412. The number of carbonyl (C=O) groups excluding carboxylic acids is 1. The van der Waals surface area contributed by atoms with Crippen LogP contribution in [0.3, 0.4) is 0 Å². The monoisotopic (exact) mass is 460 g/mol. The molecule has 0 unspecified atom stereocenters. The van der Waals surface area contributed by atoms with Gasteiger partial charge in [0.2, 0.25) is 5.91 Å². The fraction of sp³-hybridized carbons (Fsp3) is 0.280. The van der Waals surface area contributed by atoms with Crippen LogP contribution in [0.25, 0.3) is 22.2 Å². The zero-order valence-corrected chi connectivity index (χ0v) is 18.9. The summed E-state index contributed by atoms with van der Waals surface area (Å²) in [4.78, 5) is 27.1. The Morgan fingerprint density at radius 1 is 1.18 bits per heavy atom. The fourth-order valence-electron chi connectivity index (χ4n) is 4.44. The molecular formula is C25H25ClN6O. The van der Waals surface area contributed by atoms with Crippen molar-refractivity contribution in [1.29, 1.82) is 0 Å². The molecule has 168 valence electrons. The van der Waals surface area contributed by atoms with Crippen LogP contribution >= 0.6 is 11.6 Å². The van der Waals surface area contributed by atoms with E-state index in [2.05, 4.69) is 36.6 Å². The third-order valence-electron chi connectivity index (χ3n) is 6.28. The number of piperidine rings is 1. The predicted octanol–water partition coefficient (Wildman–Crippen LogP) is 4.09. The number of pyridine rings is 2. The van der Waals surface area contributed by atoms with Gasteiger partial charge >= 0.3 is 0 Å². The second-order valence-corrected chi connectivity index (χ2v) is 8.87. The van der Waals surface area contributed by atoms with Gasteiger partial charge in [0.1, 0.15) is 5.82 Å². The topological polar surface area (TPSA) is 89.9 Å². The number of nitrogens with two attached hydrogens (primary N) is 1. The van der Waals surface area contributed by atoms with Crippen LogP contribution in [-0.4, -0.2) is 38.5 Å². The molecule has 1 aliphatic heterocycles. The van der Waals surface area contributed by atoms with E-state index in [0.29, 0.717) is 11.6 Å². The maximum absolute atomic E-state index is 11.7. The Balaban J connectivity index is 1.44. The van der Waals surface area contributed by atoms with Crippen molar-refractivity contribution < 1.29 is 4.79 Å². The van der Waals surface area contributed by atoms with Gasteiger partial charge in [-0.1, -0.05) is 23.7 Å². The smallest absolute Gasteiger partial charge is 0.222 e. The summed E-state index contributed by atoms with van der Waals surface area (Å²) in [6.45, 7) is 2.24. The summed E-state index contributed by atoms with van der Waals surface area (Å²) in [6.07, 6.45) is 9.85. The van der Waals surface area contributed by atoms with Crippen LogP contribution in [0.4, 0.5) is 5.82 Å². The summed E-state index contributed by atoms with van der Waals surface area (Å²) < 4.78 is 2.16. The van der Waals surface area contributed by atoms with Crippen molar-refractivity contribution in [1.82, 2.24) is 19.5 Å². The number of aromatic nitrogens is 4. The highest BCUT2D eigenvalue weighted by molar-refractivity contribution is 6.33. The van der Waals surface area contributed by atoms with Gasteiger partial charge in [0.25, 0.3) is 0 Å². The number of aryl methyl sites for hydroxylation is 2. The van der Waals surface area contributed by atoms with Crippen LogP contribution < -0.4 is 10.6 Å². The predicted molar refractivity (Wildman–Crippen MR) is 130 cm³/mol.